The molecule has 114 valence electrons. The van der Waals surface area contributed by atoms with Crippen LogP contribution in [0.15, 0.2) is 16.6 Å². The lowest BCUT2D eigenvalue weighted by Crippen LogP contribution is -2.29. The molecule has 21 heavy (non-hydrogen) atoms. The summed E-state index contributed by atoms with van der Waals surface area (Å²) in [5.74, 6) is 2.87. The largest absolute Gasteiger partial charge is 0.483 e. The molecular formula is C16H21BrN2O2. The first-order valence-electron chi connectivity index (χ1n) is 6.79. The Morgan fingerprint density at radius 3 is 2.81 bits per heavy atom. The van der Waals surface area contributed by atoms with Crippen molar-refractivity contribution in [2.24, 2.45) is 0 Å². The van der Waals surface area contributed by atoms with E-state index in [1.165, 1.54) is 0 Å². The van der Waals surface area contributed by atoms with Crippen molar-refractivity contribution in [2.45, 2.75) is 33.4 Å². The van der Waals surface area contributed by atoms with Crippen LogP contribution in [0, 0.1) is 19.3 Å². The molecule has 0 aliphatic rings. The van der Waals surface area contributed by atoms with Crippen molar-refractivity contribution in [1.82, 2.24) is 10.6 Å². The van der Waals surface area contributed by atoms with Gasteiger partial charge in [-0.3, -0.25) is 4.79 Å². The molecule has 0 spiro atoms. The molecule has 0 fully saturated rings. The van der Waals surface area contributed by atoms with Crippen LogP contribution in [-0.2, 0) is 11.3 Å². The second kappa shape index (κ2) is 8.71. The highest BCUT2D eigenvalue weighted by molar-refractivity contribution is 9.10. The third kappa shape index (κ3) is 6.19. The van der Waals surface area contributed by atoms with Gasteiger partial charge in [0.05, 0.1) is 6.54 Å². The van der Waals surface area contributed by atoms with Gasteiger partial charge in [-0.15, -0.1) is 6.42 Å². The van der Waals surface area contributed by atoms with E-state index in [1.807, 2.05) is 19.1 Å². The number of carbonyl (C=O) groups is 1. The molecule has 0 aliphatic heterocycles. The minimum absolute atomic E-state index is 0.0428. The molecule has 1 rings (SSSR count). The van der Waals surface area contributed by atoms with Gasteiger partial charge >= 0.3 is 0 Å². The summed E-state index contributed by atoms with van der Waals surface area (Å²) in [7, 11) is 0. The predicted molar refractivity (Wildman–Crippen MR) is 88.2 cm³/mol. The predicted octanol–water partition coefficient (Wildman–Crippen LogP) is 2.38. The van der Waals surface area contributed by atoms with Gasteiger partial charge in [-0.1, -0.05) is 35.7 Å². The zero-order valence-corrected chi connectivity index (χ0v) is 14.2. The standard InChI is InChI=1S/C16H21BrN2O2/c1-5-6-18-15(20)10-21-16-12(4)7-14(17)8-13(16)9-19-11(2)3/h1,7-8,11,19H,6,9-10H2,2-4H3,(H,18,20). The minimum atomic E-state index is -0.224. The molecule has 0 saturated carbocycles. The highest BCUT2D eigenvalue weighted by Crippen LogP contribution is 2.28. The summed E-state index contributed by atoms with van der Waals surface area (Å²) in [6.45, 7) is 6.97. The Bertz CT molecular complexity index is 536. The lowest BCUT2D eigenvalue weighted by molar-refractivity contribution is -0.122. The fraction of sp³-hybridized carbons (Fsp3) is 0.438. The maximum atomic E-state index is 11.6. The highest BCUT2D eigenvalue weighted by atomic mass is 79.9. The van der Waals surface area contributed by atoms with Gasteiger partial charge in [0.1, 0.15) is 5.75 Å². The first-order chi connectivity index (χ1) is 9.93. The molecule has 0 bridgehead atoms. The van der Waals surface area contributed by atoms with Gasteiger partial charge in [0, 0.05) is 22.6 Å². The molecule has 1 aromatic carbocycles. The average Bonchev–Trinajstić information content (AvgIpc) is 2.41. The first kappa shape index (κ1) is 17.5. The Morgan fingerprint density at radius 1 is 1.48 bits per heavy atom. The summed E-state index contributed by atoms with van der Waals surface area (Å²) in [6, 6.07) is 4.33. The number of nitrogens with one attached hydrogen (secondary N) is 2. The van der Waals surface area contributed by atoms with Crippen LogP contribution in [0.5, 0.6) is 5.75 Å². The number of hydrogen-bond acceptors (Lipinski definition) is 3. The Labute approximate surface area is 134 Å². The molecule has 0 saturated heterocycles. The summed E-state index contributed by atoms with van der Waals surface area (Å²) in [5, 5.41) is 5.93. The van der Waals surface area contributed by atoms with Gasteiger partial charge < -0.3 is 15.4 Å². The van der Waals surface area contributed by atoms with Gasteiger partial charge in [0.2, 0.25) is 0 Å². The molecule has 0 aliphatic carbocycles. The number of hydrogen-bond donors (Lipinski definition) is 2. The Kier molecular flexibility index (Phi) is 7.27. The Hall–Kier alpha value is -1.51. The summed E-state index contributed by atoms with van der Waals surface area (Å²) < 4.78 is 6.66. The number of rotatable bonds is 7. The lowest BCUT2D eigenvalue weighted by Gasteiger charge is -2.16. The quantitative estimate of drug-likeness (QED) is 0.740. The summed E-state index contributed by atoms with van der Waals surface area (Å²) in [6.07, 6.45) is 5.10. The van der Waals surface area contributed by atoms with E-state index in [-0.39, 0.29) is 19.1 Å². The van der Waals surface area contributed by atoms with E-state index in [2.05, 4.69) is 46.3 Å². The highest BCUT2D eigenvalue weighted by Gasteiger charge is 2.11. The zero-order valence-electron chi connectivity index (χ0n) is 12.6. The minimum Gasteiger partial charge on any atom is -0.483 e. The van der Waals surface area contributed by atoms with E-state index in [0.29, 0.717) is 12.6 Å². The van der Waals surface area contributed by atoms with E-state index in [9.17, 15) is 4.79 Å². The monoisotopic (exact) mass is 352 g/mol. The van der Waals surface area contributed by atoms with Crippen molar-refractivity contribution in [1.29, 1.82) is 0 Å². The number of terminal acetylenes is 1. The van der Waals surface area contributed by atoms with Gasteiger partial charge in [0.25, 0.3) is 5.91 Å². The zero-order chi connectivity index (χ0) is 15.8. The summed E-state index contributed by atoms with van der Waals surface area (Å²) in [4.78, 5) is 11.6. The maximum Gasteiger partial charge on any atom is 0.258 e. The lowest BCUT2D eigenvalue weighted by atomic mass is 10.1. The Balaban J connectivity index is 2.79. The van der Waals surface area contributed by atoms with E-state index in [1.54, 1.807) is 0 Å². The fourth-order valence-electron chi connectivity index (χ4n) is 1.79. The number of halogens is 1. The van der Waals surface area contributed by atoms with Crippen LogP contribution in [0.25, 0.3) is 0 Å². The average molecular weight is 353 g/mol. The van der Waals surface area contributed by atoms with Gasteiger partial charge in [-0.2, -0.15) is 0 Å². The normalized spacial score (nSPS) is 10.3. The molecule has 0 heterocycles. The van der Waals surface area contributed by atoms with Crippen molar-refractivity contribution in [3.8, 4) is 18.1 Å². The second-order valence-corrected chi connectivity index (χ2v) is 5.93. The number of benzene rings is 1. The molecule has 5 heteroatoms. The van der Waals surface area contributed by atoms with E-state index < -0.39 is 0 Å². The molecule has 4 nitrogen and oxygen atoms in total. The third-order valence-corrected chi connectivity index (χ3v) is 3.21. The van der Waals surface area contributed by atoms with Crippen LogP contribution in [0.4, 0.5) is 0 Å². The molecule has 1 amide bonds. The van der Waals surface area contributed by atoms with Crippen molar-refractivity contribution < 1.29 is 9.53 Å². The fourth-order valence-corrected chi connectivity index (χ4v) is 2.41. The van der Waals surface area contributed by atoms with Crippen molar-refractivity contribution >= 4 is 21.8 Å². The number of ether oxygens (including phenoxy) is 1. The van der Waals surface area contributed by atoms with Gasteiger partial charge in [0.15, 0.2) is 6.61 Å². The van der Waals surface area contributed by atoms with E-state index >= 15 is 0 Å². The molecule has 0 unspecified atom stereocenters. The molecule has 0 atom stereocenters. The topological polar surface area (TPSA) is 50.4 Å². The van der Waals surface area contributed by atoms with Gasteiger partial charge in [-0.25, -0.2) is 0 Å². The third-order valence-electron chi connectivity index (χ3n) is 2.75. The molecule has 2 N–H and O–H groups in total. The molecular weight excluding hydrogens is 332 g/mol. The maximum absolute atomic E-state index is 11.6. The number of aryl methyl sites for hydroxylation is 1. The van der Waals surface area contributed by atoms with E-state index in [4.69, 9.17) is 11.2 Å². The smallest absolute Gasteiger partial charge is 0.258 e. The Morgan fingerprint density at radius 2 is 2.19 bits per heavy atom. The van der Waals surface area contributed by atoms with Crippen molar-refractivity contribution in [3.05, 3.63) is 27.7 Å². The van der Waals surface area contributed by atoms with Gasteiger partial charge in [-0.05, 0) is 24.6 Å². The van der Waals surface area contributed by atoms with Crippen LogP contribution >= 0.6 is 15.9 Å². The summed E-state index contributed by atoms with van der Waals surface area (Å²) in [5.41, 5.74) is 2.00. The van der Waals surface area contributed by atoms with Crippen LogP contribution in [-0.4, -0.2) is 25.1 Å². The van der Waals surface area contributed by atoms with E-state index in [0.717, 1.165) is 21.3 Å². The summed E-state index contributed by atoms with van der Waals surface area (Å²) >= 11 is 3.48. The van der Waals surface area contributed by atoms with Crippen LogP contribution < -0.4 is 15.4 Å². The first-order valence-corrected chi connectivity index (χ1v) is 7.58. The van der Waals surface area contributed by atoms with Crippen LogP contribution in [0.2, 0.25) is 0 Å². The number of carbonyl (C=O) groups excluding carboxylic acids is 1. The van der Waals surface area contributed by atoms with Crippen molar-refractivity contribution in [3.63, 3.8) is 0 Å². The number of amides is 1. The molecule has 0 aromatic heterocycles. The second-order valence-electron chi connectivity index (χ2n) is 5.02. The van der Waals surface area contributed by atoms with Crippen LogP contribution in [0.1, 0.15) is 25.0 Å². The van der Waals surface area contributed by atoms with Crippen molar-refractivity contribution in [2.75, 3.05) is 13.2 Å². The molecule has 0 radical (unpaired) electrons. The molecule has 1 aromatic rings. The van der Waals surface area contributed by atoms with Crippen LogP contribution in [0.3, 0.4) is 0 Å². The SMILES string of the molecule is C#CCNC(=O)COc1c(C)cc(Br)cc1CNC(C)C.